The molecule has 5 heteroatoms. The summed E-state index contributed by atoms with van der Waals surface area (Å²) < 4.78 is 0. The quantitative estimate of drug-likeness (QED) is 0.740. The molecule has 1 aromatic heterocycles. The lowest BCUT2D eigenvalue weighted by atomic mass is 9.99. The van der Waals surface area contributed by atoms with Crippen LogP contribution in [-0.2, 0) is 22.4 Å². The fourth-order valence-corrected chi connectivity index (χ4v) is 3.24. The first-order valence-corrected chi connectivity index (χ1v) is 9.29. The van der Waals surface area contributed by atoms with E-state index in [9.17, 15) is 9.59 Å². The van der Waals surface area contributed by atoms with Gasteiger partial charge in [-0.25, -0.2) is 0 Å². The molecule has 28 heavy (non-hydrogen) atoms. The normalized spacial score (nSPS) is 10.7. The van der Waals surface area contributed by atoms with Crippen LogP contribution in [-0.4, -0.2) is 35.8 Å². The first-order chi connectivity index (χ1) is 13.3. The Morgan fingerprint density at radius 2 is 1.64 bits per heavy atom. The summed E-state index contributed by atoms with van der Waals surface area (Å²) in [6, 6.07) is 15.4. The first-order valence-electron chi connectivity index (χ1n) is 9.29. The van der Waals surface area contributed by atoms with E-state index in [-0.39, 0.29) is 18.2 Å². The average Bonchev–Trinajstić information content (AvgIpc) is 2.66. The summed E-state index contributed by atoms with van der Waals surface area (Å²) in [6.07, 6.45) is 0.624. The molecule has 0 fully saturated rings. The molecule has 0 atom stereocenters. The molecule has 2 amide bonds. The zero-order valence-corrected chi connectivity index (χ0v) is 16.7. The summed E-state index contributed by atoms with van der Waals surface area (Å²) in [5, 5.41) is 4.01. The van der Waals surface area contributed by atoms with Gasteiger partial charge in [-0.3, -0.25) is 14.6 Å². The second-order valence-electron chi connectivity index (χ2n) is 7.20. The Kier molecular flexibility index (Phi) is 5.73. The van der Waals surface area contributed by atoms with Crippen LogP contribution in [0.4, 0.5) is 5.69 Å². The zero-order valence-electron chi connectivity index (χ0n) is 16.7. The molecule has 0 radical (unpaired) electrons. The van der Waals surface area contributed by atoms with Gasteiger partial charge in [0.1, 0.15) is 0 Å². The number of fused-ring (bicyclic) bond motifs is 1. The van der Waals surface area contributed by atoms with Crippen molar-refractivity contribution in [1.82, 2.24) is 9.88 Å². The molecule has 0 aliphatic rings. The lowest BCUT2D eigenvalue weighted by Gasteiger charge is -2.13. The number of anilines is 1. The number of carbonyl (C=O) groups excluding carboxylic acids is 2. The molecule has 0 saturated carbocycles. The highest BCUT2D eigenvalue weighted by molar-refractivity contribution is 5.94. The van der Waals surface area contributed by atoms with Gasteiger partial charge < -0.3 is 10.2 Å². The summed E-state index contributed by atoms with van der Waals surface area (Å²) in [5.74, 6) is -0.0352. The van der Waals surface area contributed by atoms with Crippen molar-refractivity contribution in [3.63, 3.8) is 0 Å². The predicted octanol–water partition coefficient (Wildman–Crippen LogP) is 3.66. The number of likely N-dealkylation sites (N-methyl/N-ethyl adjacent to an activating group) is 1. The van der Waals surface area contributed by atoms with Gasteiger partial charge in [-0.2, -0.15) is 0 Å². The fourth-order valence-electron chi connectivity index (χ4n) is 3.24. The number of pyridine rings is 1. The predicted molar refractivity (Wildman–Crippen MR) is 112 cm³/mol. The maximum Gasteiger partial charge on any atom is 0.228 e. The van der Waals surface area contributed by atoms with Crippen molar-refractivity contribution in [1.29, 1.82) is 0 Å². The van der Waals surface area contributed by atoms with Crippen LogP contribution in [0.1, 0.15) is 22.4 Å². The lowest BCUT2D eigenvalue weighted by Crippen LogP contribution is -2.23. The second-order valence-corrected chi connectivity index (χ2v) is 7.20. The first kappa shape index (κ1) is 19.5. The van der Waals surface area contributed by atoms with Crippen molar-refractivity contribution in [2.75, 3.05) is 19.4 Å². The minimum Gasteiger partial charge on any atom is -0.349 e. The van der Waals surface area contributed by atoms with E-state index in [1.54, 1.807) is 19.0 Å². The topological polar surface area (TPSA) is 62.3 Å². The summed E-state index contributed by atoms with van der Waals surface area (Å²) in [5.41, 5.74) is 5.52. The van der Waals surface area contributed by atoms with E-state index in [1.165, 1.54) is 0 Å². The van der Waals surface area contributed by atoms with Gasteiger partial charge in [0.2, 0.25) is 11.8 Å². The number of benzene rings is 2. The number of para-hydroxylation sites is 1. The highest BCUT2D eigenvalue weighted by atomic mass is 16.2. The average molecular weight is 375 g/mol. The van der Waals surface area contributed by atoms with Gasteiger partial charge in [0.05, 0.1) is 18.4 Å². The SMILES string of the molecule is Cc1nc2ccccc2c(C)c1CC(=O)Nc1ccc(CC(=O)N(C)C)cc1. The summed E-state index contributed by atoms with van der Waals surface area (Å²) in [7, 11) is 3.48. The van der Waals surface area contributed by atoms with E-state index in [4.69, 9.17) is 0 Å². The van der Waals surface area contributed by atoms with Gasteiger partial charge >= 0.3 is 0 Å². The Morgan fingerprint density at radius 3 is 2.32 bits per heavy atom. The van der Waals surface area contributed by atoms with Crippen molar-refractivity contribution >= 4 is 28.4 Å². The van der Waals surface area contributed by atoms with Gasteiger partial charge in [0.25, 0.3) is 0 Å². The van der Waals surface area contributed by atoms with Crippen LogP contribution in [0.3, 0.4) is 0 Å². The van der Waals surface area contributed by atoms with Crippen molar-refractivity contribution in [3.05, 3.63) is 70.9 Å². The standard InChI is InChI=1S/C23H25N3O2/c1-15-19-7-5-6-8-21(19)24-16(2)20(15)14-22(27)25-18-11-9-17(10-12-18)13-23(28)26(3)4/h5-12H,13-14H2,1-4H3,(H,25,27). The lowest BCUT2D eigenvalue weighted by molar-refractivity contribution is -0.128. The molecule has 3 rings (SSSR count). The molecule has 0 unspecified atom stereocenters. The third-order valence-corrected chi connectivity index (χ3v) is 4.91. The third kappa shape index (κ3) is 4.36. The van der Waals surface area contributed by atoms with Crippen LogP contribution >= 0.6 is 0 Å². The van der Waals surface area contributed by atoms with Gasteiger partial charge in [0, 0.05) is 30.9 Å². The smallest absolute Gasteiger partial charge is 0.228 e. The van der Waals surface area contributed by atoms with Crippen molar-refractivity contribution in [3.8, 4) is 0 Å². The number of nitrogens with one attached hydrogen (secondary N) is 1. The molecule has 2 aromatic carbocycles. The molecular formula is C23H25N3O2. The van der Waals surface area contributed by atoms with Crippen LogP contribution in [0, 0.1) is 13.8 Å². The monoisotopic (exact) mass is 375 g/mol. The van der Waals surface area contributed by atoms with Crippen LogP contribution < -0.4 is 5.32 Å². The Balaban J connectivity index is 1.71. The van der Waals surface area contributed by atoms with Crippen LogP contribution in [0.15, 0.2) is 48.5 Å². The highest BCUT2D eigenvalue weighted by Crippen LogP contribution is 2.23. The fraction of sp³-hybridized carbons (Fsp3) is 0.261. The van der Waals surface area contributed by atoms with E-state index >= 15 is 0 Å². The molecule has 3 aromatic rings. The second kappa shape index (κ2) is 8.21. The number of aryl methyl sites for hydroxylation is 2. The molecule has 0 spiro atoms. The van der Waals surface area contributed by atoms with E-state index < -0.39 is 0 Å². The zero-order chi connectivity index (χ0) is 20.3. The number of carbonyl (C=O) groups is 2. The van der Waals surface area contributed by atoms with Crippen molar-refractivity contribution in [2.24, 2.45) is 0 Å². The highest BCUT2D eigenvalue weighted by Gasteiger charge is 2.13. The van der Waals surface area contributed by atoms with Gasteiger partial charge in [-0.05, 0) is 48.7 Å². The Hall–Kier alpha value is -3.21. The third-order valence-electron chi connectivity index (χ3n) is 4.91. The van der Waals surface area contributed by atoms with E-state index in [1.807, 2.05) is 62.4 Å². The number of nitrogens with zero attached hydrogens (tertiary/aromatic N) is 2. The van der Waals surface area contributed by atoms with Crippen LogP contribution in [0.2, 0.25) is 0 Å². The summed E-state index contributed by atoms with van der Waals surface area (Å²) in [4.78, 5) is 30.6. The maximum atomic E-state index is 12.6. The van der Waals surface area contributed by atoms with Crippen LogP contribution in [0.5, 0.6) is 0 Å². The summed E-state index contributed by atoms with van der Waals surface area (Å²) in [6.45, 7) is 3.98. The minimum absolute atomic E-state index is 0.0477. The number of amides is 2. The molecule has 0 bridgehead atoms. The largest absolute Gasteiger partial charge is 0.349 e. The van der Waals surface area contributed by atoms with Gasteiger partial charge in [-0.15, -0.1) is 0 Å². The number of rotatable bonds is 5. The van der Waals surface area contributed by atoms with Gasteiger partial charge in [-0.1, -0.05) is 30.3 Å². The Morgan fingerprint density at radius 1 is 0.964 bits per heavy atom. The molecule has 1 heterocycles. The maximum absolute atomic E-state index is 12.6. The van der Waals surface area contributed by atoms with E-state index in [2.05, 4.69) is 10.3 Å². The van der Waals surface area contributed by atoms with E-state index in [0.717, 1.165) is 39.0 Å². The number of hydrogen-bond acceptors (Lipinski definition) is 3. The Bertz CT molecular complexity index is 1020. The summed E-state index contributed by atoms with van der Waals surface area (Å²) >= 11 is 0. The van der Waals surface area contributed by atoms with Crippen molar-refractivity contribution < 1.29 is 9.59 Å². The number of hydrogen-bond donors (Lipinski definition) is 1. The van der Waals surface area contributed by atoms with Crippen molar-refractivity contribution in [2.45, 2.75) is 26.7 Å². The molecule has 5 nitrogen and oxygen atoms in total. The molecule has 1 N–H and O–H groups in total. The minimum atomic E-state index is -0.0830. The number of aromatic nitrogens is 1. The van der Waals surface area contributed by atoms with Crippen LogP contribution in [0.25, 0.3) is 10.9 Å². The van der Waals surface area contributed by atoms with E-state index in [0.29, 0.717) is 6.42 Å². The molecule has 0 aliphatic carbocycles. The molecular weight excluding hydrogens is 350 g/mol. The molecule has 0 saturated heterocycles. The molecule has 0 aliphatic heterocycles. The molecule has 144 valence electrons. The Labute approximate surface area is 165 Å². The van der Waals surface area contributed by atoms with Gasteiger partial charge in [0.15, 0.2) is 0 Å².